The molecule has 1 aliphatic rings. The Bertz CT molecular complexity index is 327. The fourth-order valence-corrected chi connectivity index (χ4v) is 2.33. The van der Waals surface area contributed by atoms with E-state index in [2.05, 4.69) is 24.1 Å². The van der Waals surface area contributed by atoms with Crippen molar-refractivity contribution in [2.45, 2.75) is 32.4 Å². The first kappa shape index (κ1) is 13.6. The van der Waals surface area contributed by atoms with Crippen LogP contribution in [0.5, 0.6) is 0 Å². The van der Waals surface area contributed by atoms with Crippen molar-refractivity contribution in [2.75, 3.05) is 32.8 Å². The average molecular weight is 252 g/mol. The monoisotopic (exact) mass is 252 g/mol. The number of morpholine rings is 1. The van der Waals surface area contributed by atoms with Gasteiger partial charge in [0.15, 0.2) is 0 Å². The molecule has 0 aromatic carbocycles. The van der Waals surface area contributed by atoms with E-state index in [1.807, 2.05) is 12.1 Å². The second-order valence-corrected chi connectivity index (χ2v) is 4.98. The number of ether oxygens (including phenoxy) is 1. The molecule has 0 bridgehead atoms. The first-order chi connectivity index (χ1) is 8.78. The van der Waals surface area contributed by atoms with Crippen LogP contribution in [0.15, 0.2) is 22.8 Å². The summed E-state index contributed by atoms with van der Waals surface area (Å²) in [7, 11) is 0. The molecule has 4 nitrogen and oxygen atoms in total. The van der Waals surface area contributed by atoms with E-state index >= 15 is 0 Å². The molecule has 102 valence electrons. The van der Waals surface area contributed by atoms with Gasteiger partial charge in [0.2, 0.25) is 0 Å². The van der Waals surface area contributed by atoms with Gasteiger partial charge in [-0.25, -0.2) is 0 Å². The van der Waals surface area contributed by atoms with Gasteiger partial charge in [0.25, 0.3) is 0 Å². The highest BCUT2D eigenvalue weighted by atomic mass is 16.5. The Balaban J connectivity index is 1.67. The summed E-state index contributed by atoms with van der Waals surface area (Å²) in [6.45, 7) is 9.37. The lowest BCUT2D eigenvalue weighted by Crippen LogP contribution is -2.47. The Hall–Kier alpha value is -0.840. The van der Waals surface area contributed by atoms with Crippen LogP contribution >= 0.6 is 0 Å². The summed E-state index contributed by atoms with van der Waals surface area (Å²) in [4.78, 5) is 2.44. The maximum atomic E-state index is 5.77. The molecule has 1 N–H and O–H groups in total. The standard InChI is InChI=1S/C14H24N2O2/c1-3-16-6-8-18-14(11-16)10-15-12(2)9-13-5-4-7-17-13/h4-5,7,12,14-15H,3,6,8-11H2,1-2H3. The van der Waals surface area contributed by atoms with E-state index in [1.165, 1.54) is 0 Å². The minimum atomic E-state index is 0.317. The number of rotatable bonds is 6. The lowest BCUT2D eigenvalue weighted by molar-refractivity contribution is -0.0262. The molecular formula is C14H24N2O2. The maximum absolute atomic E-state index is 5.77. The molecule has 0 spiro atoms. The van der Waals surface area contributed by atoms with Gasteiger partial charge < -0.3 is 14.5 Å². The van der Waals surface area contributed by atoms with Crippen molar-refractivity contribution < 1.29 is 9.15 Å². The van der Waals surface area contributed by atoms with Gasteiger partial charge in [0, 0.05) is 32.1 Å². The zero-order valence-corrected chi connectivity index (χ0v) is 11.4. The second-order valence-electron chi connectivity index (χ2n) is 4.98. The summed E-state index contributed by atoms with van der Waals surface area (Å²) in [5, 5.41) is 3.52. The first-order valence-corrected chi connectivity index (χ1v) is 6.87. The summed E-state index contributed by atoms with van der Waals surface area (Å²) in [5.41, 5.74) is 0. The highest BCUT2D eigenvalue weighted by molar-refractivity contribution is 5.00. The smallest absolute Gasteiger partial charge is 0.105 e. The van der Waals surface area contributed by atoms with Crippen LogP contribution in [0.3, 0.4) is 0 Å². The molecule has 0 aliphatic carbocycles. The Kier molecular flexibility index (Phi) is 5.23. The summed E-state index contributed by atoms with van der Waals surface area (Å²) in [5.74, 6) is 1.04. The SMILES string of the molecule is CCN1CCOC(CNC(C)Cc2ccco2)C1. The molecular weight excluding hydrogens is 228 g/mol. The number of nitrogens with zero attached hydrogens (tertiary/aromatic N) is 1. The van der Waals surface area contributed by atoms with Crippen LogP contribution in [0, 0.1) is 0 Å². The minimum Gasteiger partial charge on any atom is -0.469 e. The van der Waals surface area contributed by atoms with Gasteiger partial charge in [-0.15, -0.1) is 0 Å². The quantitative estimate of drug-likeness (QED) is 0.833. The van der Waals surface area contributed by atoms with Crippen molar-refractivity contribution in [2.24, 2.45) is 0 Å². The second kappa shape index (κ2) is 6.92. The van der Waals surface area contributed by atoms with Gasteiger partial charge in [-0.05, 0) is 25.6 Å². The Morgan fingerprint density at radius 2 is 2.44 bits per heavy atom. The summed E-state index contributed by atoms with van der Waals surface area (Å²) in [6, 6.07) is 4.37. The molecule has 2 heterocycles. The summed E-state index contributed by atoms with van der Waals surface area (Å²) < 4.78 is 11.1. The number of hydrogen-bond acceptors (Lipinski definition) is 4. The molecule has 2 atom stereocenters. The van der Waals surface area contributed by atoms with Crippen molar-refractivity contribution >= 4 is 0 Å². The van der Waals surface area contributed by atoms with E-state index < -0.39 is 0 Å². The molecule has 1 saturated heterocycles. The minimum absolute atomic E-state index is 0.317. The Labute approximate surface area is 109 Å². The lowest BCUT2D eigenvalue weighted by Gasteiger charge is -2.32. The van der Waals surface area contributed by atoms with E-state index in [4.69, 9.17) is 9.15 Å². The molecule has 0 radical (unpaired) electrons. The molecule has 2 rings (SSSR count). The third-order valence-electron chi connectivity index (χ3n) is 3.45. The average Bonchev–Trinajstić information content (AvgIpc) is 2.89. The van der Waals surface area contributed by atoms with Gasteiger partial charge >= 0.3 is 0 Å². The van der Waals surface area contributed by atoms with Crippen LogP contribution in [-0.4, -0.2) is 49.8 Å². The maximum Gasteiger partial charge on any atom is 0.105 e. The van der Waals surface area contributed by atoms with Crippen molar-refractivity contribution in [3.05, 3.63) is 24.2 Å². The number of nitrogens with one attached hydrogen (secondary N) is 1. The molecule has 1 fully saturated rings. The Morgan fingerprint density at radius 1 is 1.56 bits per heavy atom. The topological polar surface area (TPSA) is 37.6 Å². The van der Waals surface area contributed by atoms with Crippen LogP contribution in [0.2, 0.25) is 0 Å². The molecule has 1 aliphatic heterocycles. The highest BCUT2D eigenvalue weighted by Crippen LogP contribution is 2.06. The van der Waals surface area contributed by atoms with E-state index in [0.717, 1.165) is 45.0 Å². The van der Waals surface area contributed by atoms with Gasteiger partial charge in [-0.2, -0.15) is 0 Å². The van der Waals surface area contributed by atoms with Gasteiger partial charge in [-0.3, -0.25) is 4.90 Å². The zero-order valence-electron chi connectivity index (χ0n) is 11.4. The molecule has 0 saturated carbocycles. The van der Waals surface area contributed by atoms with E-state index in [9.17, 15) is 0 Å². The Morgan fingerprint density at radius 3 is 3.17 bits per heavy atom. The van der Waals surface area contributed by atoms with Crippen molar-refractivity contribution in [3.63, 3.8) is 0 Å². The van der Waals surface area contributed by atoms with Crippen LogP contribution in [0.1, 0.15) is 19.6 Å². The molecule has 1 aromatic heterocycles. The number of likely N-dealkylation sites (N-methyl/N-ethyl adjacent to an activating group) is 1. The zero-order chi connectivity index (χ0) is 12.8. The summed E-state index contributed by atoms with van der Waals surface area (Å²) in [6.07, 6.45) is 2.97. The normalized spacial score (nSPS) is 23.1. The fraction of sp³-hybridized carbons (Fsp3) is 0.714. The molecule has 4 heteroatoms. The number of hydrogen-bond donors (Lipinski definition) is 1. The van der Waals surface area contributed by atoms with Crippen molar-refractivity contribution in [3.8, 4) is 0 Å². The van der Waals surface area contributed by atoms with Crippen LogP contribution in [0.4, 0.5) is 0 Å². The van der Waals surface area contributed by atoms with E-state index in [0.29, 0.717) is 12.1 Å². The van der Waals surface area contributed by atoms with E-state index in [1.54, 1.807) is 6.26 Å². The number of furan rings is 1. The van der Waals surface area contributed by atoms with E-state index in [-0.39, 0.29) is 0 Å². The predicted molar refractivity (Wildman–Crippen MR) is 71.7 cm³/mol. The molecule has 0 amide bonds. The van der Waals surface area contributed by atoms with Crippen LogP contribution in [0.25, 0.3) is 0 Å². The van der Waals surface area contributed by atoms with Crippen LogP contribution < -0.4 is 5.32 Å². The van der Waals surface area contributed by atoms with Gasteiger partial charge in [0.05, 0.1) is 19.0 Å². The van der Waals surface area contributed by atoms with Gasteiger partial charge in [-0.1, -0.05) is 6.92 Å². The molecule has 1 aromatic rings. The predicted octanol–water partition coefficient (Wildman–Crippen LogP) is 1.52. The van der Waals surface area contributed by atoms with Crippen molar-refractivity contribution in [1.29, 1.82) is 0 Å². The largest absolute Gasteiger partial charge is 0.469 e. The highest BCUT2D eigenvalue weighted by Gasteiger charge is 2.19. The first-order valence-electron chi connectivity index (χ1n) is 6.87. The van der Waals surface area contributed by atoms with Crippen LogP contribution in [-0.2, 0) is 11.2 Å². The molecule has 2 unspecified atom stereocenters. The lowest BCUT2D eigenvalue weighted by atomic mass is 10.2. The third-order valence-corrected chi connectivity index (χ3v) is 3.45. The summed E-state index contributed by atoms with van der Waals surface area (Å²) >= 11 is 0. The third kappa shape index (κ3) is 4.12. The fourth-order valence-electron chi connectivity index (χ4n) is 2.33. The van der Waals surface area contributed by atoms with Gasteiger partial charge in [0.1, 0.15) is 5.76 Å². The molecule has 18 heavy (non-hydrogen) atoms. The van der Waals surface area contributed by atoms with Crippen molar-refractivity contribution in [1.82, 2.24) is 10.2 Å².